The van der Waals surface area contributed by atoms with Crippen LogP contribution in [0, 0.1) is 11.3 Å². The molecule has 0 bridgehead atoms. The smallest absolute Gasteiger partial charge is 0.273 e. The normalized spacial score (nSPS) is 12.0. The Hall–Kier alpha value is -4.61. The molecule has 0 atom stereocenters. The summed E-state index contributed by atoms with van der Waals surface area (Å²) in [7, 11) is 0. The minimum absolute atomic E-state index is 0.169. The van der Waals surface area contributed by atoms with Crippen molar-refractivity contribution in [2.45, 2.75) is 13.8 Å². The highest BCUT2D eigenvalue weighted by molar-refractivity contribution is 7.07. The average molecular weight is 512 g/mol. The summed E-state index contributed by atoms with van der Waals surface area (Å²) < 4.78 is 13.1. The van der Waals surface area contributed by atoms with E-state index in [0.29, 0.717) is 40.6 Å². The average Bonchev–Trinajstić information content (AvgIpc) is 3.22. The van der Waals surface area contributed by atoms with Gasteiger partial charge in [0.2, 0.25) is 0 Å². The lowest BCUT2D eigenvalue weighted by atomic mass is 10.2. The number of carbonyl (C=O) groups excluding carboxylic acids is 1. The number of benzene rings is 3. The monoisotopic (exact) mass is 511 g/mol. The van der Waals surface area contributed by atoms with Crippen LogP contribution in [0.15, 0.2) is 83.7 Å². The summed E-state index contributed by atoms with van der Waals surface area (Å²) in [6.45, 7) is 4.78. The lowest BCUT2D eigenvalue weighted by Crippen LogP contribution is -2.32. The molecule has 3 aromatic carbocycles. The van der Waals surface area contributed by atoms with E-state index in [1.54, 1.807) is 54.6 Å². The maximum absolute atomic E-state index is 13.6. The van der Waals surface area contributed by atoms with Gasteiger partial charge >= 0.3 is 0 Å². The third-order valence-corrected chi connectivity index (χ3v) is 6.41. The Kier molecular flexibility index (Phi) is 8.18. The summed E-state index contributed by atoms with van der Waals surface area (Å²) in [4.78, 5) is 26.8. The minimum Gasteiger partial charge on any atom is -0.494 e. The molecule has 1 N–H and O–H groups in total. The van der Waals surface area contributed by atoms with Crippen LogP contribution >= 0.6 is 11.3 Å². The quantitative estimate of drug-likeness (QED) is 0.388. The molecule has 0 radical (unpaired) electrons. The van der Waals surface area contributed by atoms with Crippen molar-refractivity contribution in [3.05, 3.63) is 104 Å². The Morgan fingerprint density at radius 3 is 2.32 bits per heavy atom. The first kappa shape index (κ1) is 25.5. The predicted octanol–water partition coefficient (Wildman–Crippen LogP) is 3.84. The summed E-state index contributed by atoms with van der Waals surface area (Å²) in [5, 5.41) is 12.8. The van der Waals surface area contributed by atoms with Crippen LogP contribution in [0.25, 0.3) is 17.3 Å². The highest BCUT2D eigenvalue weighted by Gasteiger charge is 2.17. The summed E-state index contributed by atoms with van der Waals surface area (Å²) in [6, 6.07) is 25.2. The van der Waals surface area contributed by atoms with Crippen LogP contribution in [0.4, 0.5) is 5.69 Å². The molecule has 186 valence electrons. The van der Waals surface area contributed by atoms with Crippen LogP contribution in [0.1, 0.15) is 19.4 Å². The van der Waals surface area contributed by atoms with Gasteiger partial charge in [-0.3, -0.25) is 14.2 Å². The first-order valence-corrected chi connectivity index (χ1v) is 12.6. The van der Waals surface area contributed by atoms with Crippen LogP contribution < -0.4 is 29.5 Å². The molecule has 7 nitrogen and oxygen atoms in total. The molecule has 1 aromatic heterocycles. The molecule has 0 aliphatic carbocycles. The molecule has 8 heteroatoms. The number of aromatic nitrogens is 1. The van der Waals surface area contributed by atoms with Gasteiger partial charge in [0.1, 0.15) is 22.2 Å². The second-order valence-corrected chi connectivity index (χ2v) is 8.79. The number of ether oxygens (including phenoxy) is 2. The number of nitrogens with one attached hydrogen (secondary N) is 1. The summed E-state index contributed by atoms with van der Waals surface area (Å²) in [6.07, 6.45) is 1.72. The van der Waals surface area contributed by atoms with E-state index in [1.807, 2.05) is 50.2 Å². The Bertz CT molecular complexity index is 1610. The maximum atomic E-state index is 13.6. The zero-order valence-electron chi connectivity index (χ0n) is 20.4. The van der Waals surface area contributed by atoms with Crippen molar-refractivity contribution in [1.29, 1.82) is 5.26 Å². The van der Waals surface area contributed by atoms with Crippen molar-refractivity contribution in [3.8, 4) is 23.3 Å². The fourth-order valence-corrected chi connectivity index (χ4v) is 4.77. The first-order chi connectivity index (χ1) is 18.0. The predicted molar refractivity (Wildman–Crippen MR) is 146 cm³/mol. The summed E-state index contributed by atoms with van der Waals surface area (Å²) in [5.41, 5.74) is 1.28. The summed E-state index contributed by atoms with van der Waals surface area (Å²) >= 11 is 1.08. The molecule has 0 fully saturated rings. The van der Waals surface area contributed by atoms with Gasteiger partial charge in [0.15, 0.2) is 5.57 Å². The second kappa shape index (κ2) is 11.9. The van der Waals surface area contributed by atoms with E-state index in [4.69, 9.17) is 9.47 Å². The molecule has 0 aliphatic rings. The molecule has 37 heavy (non-hydrogen) atoms. The topological polar surface area (TPSA) is 93.3 Å². The van der Waals surface area contributed by atoms with E-state index >= 15 is 0 Å². The van der Waals surface area contributed by atoms with Gasteiger partial charge in [0, 0.05) is 11.3 Å². The van der Waals surface area contributed by atoms with Gasteiger partial charge in [-0.1, -0.05) is 36.4 Å². The number of nitriles is 1. The minimum atomic E-state index is -0.612. The van der Waals surface area contributed by atoms with Gasteiger partial charge in [0.05, 0.1) is 23.4 Å². The third-order valence-electron chi connectivity index (χ3n) is 5.32. The van der Waals surface area contributed by atoms with Crippen LogP contribution in [0.5, 0.6) is 11.5 Å². The van der Waals surface area contributed by atoms with Crippen molar-refractivity contribution in [1.82, 2.24) is 4.57 Å². The van der Waals surface area contributed by atoms with E-state index in [1.165, 1.54) is 4.57 Å². The molecule has 4 aromatic rings. The molecule has 4 rings (SSSR count). The van der Waals surface area contributed by atoms with Crippen LogP contribution in [-0.2, 0) is 4.79 Å². The van der Waals surface area contributed by atoms with Gasteiger partial charge in [-0.05, 0) is 62.4 Å². The first-order valence-electron chi connectivity index (χ1n) is 11.7. The largest absolute Gasteiger partial charge is 0.494 e. The van der Waals surface area contributed by atoms with Gasteiger partial charge in [0.25, 0.3) is 11.5 Å². The van der Waals surface area contributed by atoms with Crippen molar-refractivity contribution < 1.29 is 14.3 Å². The third kappa shape index (κ3) is 5.80. The Balaban J connectivity index is 1.88. The zero-order valence-corrected chi connectivity index (χ0v) is 21.2. The molecule has 0 saturated carbocycles. The van der Waals surface area contributed by atoms with Crippen molar-refractivity contribution in [3.63, 3.8) is 0 Å². The molecule has 0 saturated heterocycles. The Morgan fingerprint density at radius 2 is 1.65 bits per heavy atom. The Labute approximate surface area is 218 Å². The molecule has 0 unspecified atom stereocenters. The van der Waals surface area contributed by atoms with E-state index < -0.39 is 5.91 Å². The van der Waals surface area contributed by atoms with Crippen molar-refractivity contribution >= 4 is 34.6 Å². The molecule has 1 amide bonds. The molecule has 0 aliphatic heterocycles. The van der Waals surface area contributed by atoms with Gasteiger partial charge in [-0.25, -0.2) is 0 Å². The molecular formula is C29H25N3O4S. The highest BCUT2D eigenvalue weighted by Crippen LogP contribution is 2.19. The van der Waals surface area contributed by atoms with E-state index in [-0.39, 0.29) is 15.8 Å². The van der Waals surface area contributed by atoms with E-state index in [9.17, 15) is 14.9 Å². The highest BCUT2D eigenvalue weighted by atomic mass is 32.1. The number of para-hydroxylation sites is 2. The molecule has 1 heterocycles. The maximum Gasteiger partial charge on any atom is 0.273 e. The van der Waals surface area contributed by atoms with Gasteiger partial charge in [-0.15, -0.1) is 11.3 Å². The van der Waals surface area contributed by atoms with E-state index in [0.717, 1.165) is 16.9 Å². The number of anilines is 1. The number of thiazole rings is 1. The van der Waals surface area contributed by atoms with Crippen LogP contribution in [0.3, 0.4) is 0 Å². The van der Waals surface area contributed by atoms with Crippen LogP contribution in [0.2, 0.25) is 0 Å². The molecular weight excluding hydrogens is 486 g/mol. The fourth-order valence-electron chi connectivity index (χ4n) is 3.68. The lowest BCUT2D eigenvalue weighted by molar-refractivity contribution is -0.111. The second-order valence-electron chi connectivity index (χ2n) is 7.76. The fraction of sp³-hybridized carbons (Fsp3) is 0.138. The summed E-state index contributed by atoms with van der Waals surface area (Å²) in [5.74, 6) is 0.705. The number of nitrogens with zero attached hydrogens (tertiary/aromatic N) is 2. The number of amides is 1. The SMILES string of the molecule is CCOc1ccc(NC(=O)/C(C#N)=c2/s/c(=C\c3ccccc3OCC)c(=O)n2-c2ccccc2)cc1. The standard InChI is InChI=1S/C29H25N3O4S/c1-3-35-23-16-14-21(15-17-23)31-27(33)24(19-30)29-32(22-11-6-5-7-12-22)28(34)26(37-29)18-20-10-8-9-13-25(20)36-4-2/h5-18H,3-4H2,1-2H3,(H,31,33)/b26-18-,29-24+. The van der Waals surface area contributed by atoms with Gasteiger partial charge < -0.3 is 14.8 Å². The van der Waals surface area contributed by atoms with Crippen molar-refractivity contribution in [2.24, 2.45) is 0 Å². The Morgan fingerprint density at radius 1 is 0.973 bits per heavy atom. The number of hydrogen-bond donors (Lipinski definition) is 1. The van der Waals surface area contributed by atoms with Crippen molar-refractivity contribution in [2.75, 3.05) is 18.5 Å². The van der Waals surface area contributed by atoms with Gasteiger partial charge in [-0.2, -0.15) is 5.26 Å². The van der Waals surface area contributed by atoms with Crippen LogP contribution in [-0.4, -0.2) is 23.7 Å². The molecule has 0 spiro atoms. The number of rotatable bonds is 8. The van der Waals surface area contributed by atoms with E-state index in [2.05, 4.69) is 5.32 Å². The number of hydrogen-bond acceptors (Lipinski definition) is 6. The lowest BCUT2D eigenvalue weighted by Gasteiger charge is -2.07. The zero-order chi connectivity index (χ0) is 26.2. The number of carbonyl (C=O) groups is 1.